The summed E-state index contributed by atoms with van der Waals surface area (Å²) in [5.41, 5.74) is 3.55. The molecule has 3 aliphatic heterocycles. The van der Waals surface area contributed by atoms with E-state index in [1.54, 1.807) is 30.5 Å². The Morgan fingerprint density at radius 3 is 1.57 bits per heavy atom. The largest absolute Gasteiger partial charge is 0.493 e. The smallest absolute Gasteiger partial charge is 0.420 e. The zero-order chi connectivity index (χ0) is 34.8. The van der Waals surface area contributed by atoms with Gasteiger partial charge in [0.2, 0.25) is 5.75 Å². The van der Waals surface area contributed by atoms with Crippen molar-refractivity contribution in [1.29, 1.82) is 0 Å². The van der Waals surface area contributed by atoms with E-state index in [0.29, 0.717) is 34.1 Å². The van der Waals surface area contributed by atoms with Crippen molar-refractivity contribution in [2.24, 2.45) is 0 Å². The molecule has 254 valence electrons. The Labute approximate surface area is 281 Å². The molecule has 0 N–H and O–H groups in total. The molecule has 0 saturated carbocycles. The number of fused-ring (bicyclic) bond motifs is 1. The molecule has 3 aliphatic rings. The van der Waals surface area contributed by atoms with Crippen LogP contribution in [0.25, 0.3) is 11.3 Å². The summed E-state index contributed by atoms with van der Waals surface area (Å²) >= 11 is 0. The van der Waals surface area contributed by atoms with Gasteiger partial charge in [-0.2, -0.15) is 0 Å². The lowest BCUT2D eigenvalue weighted by Crippen LogP contribution is -2.80. The van der Waals surface area contributed by atoms with Gasteiger partial charge in [-0.25, -0.2) is 29.0 Å². The number of methoxy groups -OCH3 is 3. The van der Waals surface area contributed by atoms with Crippen LogP contribution in [0.4, 0.5) is 0 Å². The molecule has 0 atom stereocenters. The quantitative estimate of drug-likeness (QED) is 0.323. The second-order valence-corrected chi connectivity index (χ2v) is 11.3. The molecular weight excluding hydrogens is 638 g/mol. The third kappa shape index (κ3) is 6.30. The van der Waals surface area contributed by atoms with Crippen molar-refractivity contribution in [2.45, 2.75) is 31.8 Å². The molecule has 0 radical (unpaired) electrons. The van der Waals surface area contributed by atoms with Crippen LogP contribution >= 0.6 is 0 Å². The highest BCUT2D eigenvalue weighted by Gasteiger charge is 2.74. The van der Waals surface area contributed by atoms with Crippen LogP contribution in [0.2, 0.25) is 0 Å². The van der Waals surface area contributed by atoms with Crippen LogP contribution in [-0.2, 0) is 51.2 Å². The van der Waals surface area contributed by atoms with E-state index in [2.05, 4.69) is 4.98 Å². The summed E-state index contributed by atoms with van der Waals surface area (Å²) < 4.78 is 40.0. The van der Waals surface area contributed by atoms with E-state index in [4.69, 9.17) is 33.2 Å². The zero-order valence-corrected chi connectivity index (χ0v) is 27.2. The average Bonchev–Trinajstić information content (AvgIpc) is 3.35. The van der Waals surface area contributed by atoms with E-state index in [0.717, 1.165) is 35.4 Å². The molecule has 1 aromatic heterocycles. The fourth-order valence-electron chi connectivity index (χ4n) is 5.91. The van der Waals surface area contributed by atoms with Crippen molar-refractivity contribution in [2.75, 3.05) is 34.4 Å². The van der Waals surface area contributed by atoms with Gasteiger partial charge in [0.15, 0.2) is 11.5 Å². The minimum Gasteiger partial charge on any atom is -0.493 e. The Hall–Kier alpha value is -5.73. The lowest BCUT2D eigenvalue weighted by Gasteiger charge is -2.55. The molecule has 1 fully saturated rings. The number of rotatable bonds is 8. The normalized spacial score (nSPS) is 18.6. The van der Waals surface area contributed by atoms with Gasteiger partial charge in [-0.3, -0.25) is 4.98 Å². The van der Waals surface area contributed by atoms with E-state index < -0.39 is 35.7 Å². The Balaban J connectivity index is 1.46. The number of nitrogens with zero attached hydrogens (tertiary/aromatic N) is 3. The van der Waals surface area contributed by atoms with Crippen LogP contribution in [0.3, 0.4) is 0 Å². The van der Waals surface area contributed by atoms with Crippen molar-refractivity contribution in [3.05, 3.63) is 95.7 Å². The highest BCUT2D eigenvalue weighted by atomic mass is 16.8. The minimum atomic E-state index is -2.60. The molecule has 0 amide bonds. The summed E-state index contributed by atoms with van der Waals surface area (Å²) in [6.07, 6.45) is 5.12. The van der Waals surface area contributed by atoms with Crippen molar-refractivity contribution >= 4 is 23.9 Å². The van der Waals surface area contributed by atoms with E-state index >= 15 is 0 Å². The Bertz CT molecular complexity index is 1790. The number of pyridine rings is 1. The average molecular weight is 672 g/mol. The molecule has 14 nitrogen and oxygen atoms in total. The van der Waals surface area contributed by atoms with Gasteiger partial charge in [0, 0.05) is 62.2 Å². The standard InChI is InChI=1S/C35H33N3O11/c1-22-5-7-23(8-6-22)20-37-15-16-38(21-24-13-14-36-26(17-24)25-18-27(43-2)33(45-4)28(19-25)44-3)35(48-31(41)11-12-32(42)49-35)34(37)46-29(39)9-10-30(40)47-34/h5-14,17-19H,15-16,20-21H2,1-4H3. The fourth-order valence-corrected chi connectivity index (χ4v) is 5.91. The van der Waals surface area contributed by atoms with Gasteiger partial charge >= 0.3 is 35.7 Å². The third-order valence-corrected chi connectivity index (χ3v) is 8.19. The summed E-state index contributed by atoms with van der Waals surface area (Å²) in [5, 5.41) is 0. The molecule has 2 aromatic carbocycles. The van der Waals surface area contributed by atoms with Gasteiger partial charge in [-0.1, -0.05) is 29.8 Å². The number of aromatic nitrogens is 1. The van der Waals surface area contributed by atoms with Gasteiger partial charge in [-0.15, -0.1) is 0 Å². The number of hydrogen-bond acceptors (Lipinski definition) is 14. The van der Waals surface area contributed by atoms with Gasteiger partial charge in [0.1, 0.15) is 0 Å². The summed E-state index contributed by atoms with van der Waals surface area (Å²) in [7, 11) is 4.51. The molecular formula is C35H33N3O11. The van der Waals surface area contributed by atoms with Gasteiger partial charge < -0.3 is 33.2 Å². The van der Waals surface area contributed by atoms with Crippen LogP contribution in [0.15, 0.2) is 79.0 Å². The summed E-state index contributed by atoms with van der Waals surface area (Å²) in [6.45, 7) is 2.15. The molecule has 2 spiro atoms. The predicted molar refractivity (Wildman–Crippen MR) is 169 cm³/mol. The Kier molecular flexibility index (Phi) is 9.08. The molecule has 0 aliphatic carbocycles. The molecule has 0 bridgehead atoms. The van der Waals surface area contributed by atoms with Crippen molar-refractivity contribution in [3.63, 3.8) is 0 Å². The van der Waals surface area contributed by atoms with Crippen LogP contribution in [0, 0.1) is 6.92 Å². The SMILES string of the molecule is COc1cc(-c2cc(CN3CCN(Cc4ccc(C)cc4)C4(OC(=O)C=CC(=O)O4)C34OC(=O)C=CC(=O)O4)ccn2)cc(OC)c1OC. The van der Waals surface area contributed by atoms with Crippen molar-refractivity contribution in [1.82, 2.24) is 14.8 Å². The third-order valence-electron chi connectivity index (χ3n) is 8.19. The second-order valence-electron chi connectivity index (χ2n) is 11.3. The number of piperazine rings is 1. The monoisotopic (exact) mass is 671 g/mol. The molecule has 3 aromatic rings. The van der Waals surface area contributed by atoms with Gasteiger partial charge in [-0.05, 0) is 42.3 Å². The number of ether oxygens (including phenoxy) is 7. The molecule has 0 unspecified atom stereocenters. The molecule has 4 heterocycles. The summed E-state index contributed by atoms with van der Waals surface area (Å²) in [6, 6.07) is 14.5. The summed E-state index contributed by atoms with van der Waals surface area (Å²) in [4.78, 5) is 60.1. The minimum absolute atomic E-state index is 0.0524. The number of esters is 4. The number of carbonyl (C=O) groups excluding carboxylic acids is 4. The maximum absolute atomic E-state index is 13.2. The van der Waals surface area contributed by atoms with Crippen LogP contribution in [0.5, 0.6) is 17.2 Å². The first kappa shape index (κ1) is 33.2. The van der Waals surface area contributed by atoms with Gasteiger partial charge in [0.25, 0.3) is 0 Å². The van der Waals surface area contributed by atoms with Crippen molar-refractivity contribution in [3.8, 4) is 28.5 Å². The highest BCUT2D eigenvalue weighted by Crippen LogP contribution is 2.46. The molecule has 6 rings (SSSR count). The van der Waals surface area contributed by atoms with Crippen LogP contribution in [-0.4, -0.2) is 84.9 Å². The Morgan fingerprint density at radius 2 is 1.12 bits per heavy atom. The summed E-state index contributed by atoms with van der Waals surface area (Å²) in [5.74, 6) is -7.88. The highest BCUT2D eigenvalue weighted by molar-refractivity contribution is 5.95. The molecule has 14 heteroatoms. The fraction of sp³-hybridized carbons (Fsp3) is 0.286. The maximum atomic E-state index is 13.2. The second kappa shape index (κ2) is 13.4. The van der Waals surface area contributed by atoms with Crippen LogP contribution in [0.1, 0.15) is 16.7 Å². The van der Waals surface area contributed by atoms with E-state index in [1.165, 1.54) is 31.1 Å². The first-order chi connectivity index (χ1) is 23.6. The Morgan fingerprint density at radius 1 is 0.653 bits per heavy atom. The lowest BCUT2D eigenvalue weighted by molar-refractivity contribution is -0.465. The van der Waals surface area contributed by atoms with Crippen molar-refractivity contribution < 1.29 is 52.3 Å². The molecule has 1 saturated heterocycles. The van der Waals surface area contributed by atoms with Gasteiger partial charge in [0.05, 0.1) is 27.0 Å². The van der Waals surface area contributed by atoms with E-state index in [-0.39, 0.29) is 26.2 Å². The number of carbonyl (C=O) groups is 4. The first-order valence-corrected chi connectivity index (χ1v) is 15.2. The number of hydrogen-bond donors (Lipinski definition) is 0. The maximum Gasteiger partial charge on any atom is 0.420 e. The number of aryl methyl sites for hydroxylation is 1. The van der Waals surface area contributed by atoms with E-state index in [9.17, 15) is 19.2 Å². The number of benzene rings is 2. The van der Waals surface area contributed by atoms with E-state index in [1.807, 2.05) is 31.2 Å². The van der Waals surface area contributed by atoms with Crippen LogP contribution < -0.4 is 14.2 Å². The first-order valence-electron chi connectivity index (χ1n) is 15.2. The zero-order valence-electron chi connectivity index (χ0n) is 27.2. The topological polar surface area (TPSA) is 152 Å². The predicted octanol–water partition coefficient (Wildman–Crippen LogP) is 3.02. The lowest BCUT2D eigenvalue weighted by atomic mass is 10.0. The molecule has 49 heavy (non-hydrogen) atoms.